The maximum absolute atomic E-state index is 12.7. The SMILES string of the molecule is CS(=O)(=O)Cc1cc(F)ccc1N. The fraction of sp³-hybridized carbons (Fsp3) is 0.250. The van der Waals surface area contributed by atoms with E-state index < -0.39 is 15.7 Å². The smallest absolute Gasteiger partial charge is 0.151 e. The Kier molecular flexibility index (Phi) is 2.56. The number of halogens is 1. The summed E-state index contributed by atoms with van der Waals surface area (Å²) in [5.74, 6) is -0.704. The van der Waals surface area contributed by atoms with Crippen molar-refractivity contribution >= 4 is 15.5 Å². The molecule has 0 saturated heterocycles. The lowest BCUT2D eigenvalue weighted by Crippen LogP contribution is -2.04. The normalized spacial score (nSPS) is 11.5. The Morgan fingerprint density at radius 2 is 2.08 bits per heavy atom. The van der Waals surface area contributed by atoms with Crippen LogP contribution in [0.3, 0.4) is 0 Å². The zero-order valence-corrected chi connectivity index (χ0v) is 7.94. The van der Waals surface area contributed by atoms with Crippen molar-refractivity contribution in [3.05, 3.63) is 29.6 Å². The Morgan fingerprint density at radius 3 is 2.62 bits per heavy atom. The number of anilines is 1. The molecular formula is C8H10FNO2S. The van der Waals surface area contributed by atoms with Gasteiger partial charge in [-0.2, -0.15) is 0 Å². The lowest BCUT2D eigenvalue weighted by molar-refractivity contribution is 0.600. The number of sulfone groups is 1. The highest BCUT2D eigenvalue weighted by molar-refractivity contribution is 7.89. The zero-order valence-electron chi connectivity index (χ0n) is 7.12. The molecule has 0 heterocycles. The predicted octanol–water partition coefficient (Wildman–Crippen LogP) is 0.953. The summed E-state index contributed by atoms with van der Waals surface area (Å²) in [6.45, 7) is 0. The highest BCUT2D eigenvalue weighted by Crippen LogP contribution is 2.15. The maximum atomic E-state index is 12.7. The van der Waals surface area contributed by atoms with Crippen molar-refractivity contribution in [3.63, 3.8) is 0 Å². The first-order valence-corrected chi connectivity index (χ1v) is 5.66. The molecule has 1 rings (SSSR count). The van der Waals surface area contributed by atoms with Gasteiger partial charge in [0.05, 0.1) is 5.75 Å². The van der Waals surface area contributed by atoms with Crippen LogP contribution in [0.2, 0.25) is 0 Å². The third-order valence-electron chi connectivity index (χ3n) is 1.52. The molecule has 0 fully saturated rings. The van der Waals surface area contributed by atoms with E-state index in [9.17, 15) is 12.8 Å². The molecule has 0 atom stereocenters. The zero-order chi connectivity index (χ0) is 10.1. The summed E-state index contributed by atoms with van der Waals surface area (Å²) in [4.78, 5) is 0. The molecule has 0 amide bonds. The second-order valence-corrected chi connectivity index (χ2v) is 5.05. The Hall–Kier alpha value is -1.10. The summed E-state index contributed by atoms with van der Waals surface area (Å²) in [7, 11) is -3.16. The van der Waals surface area contributed by atoms with Gasteiger partial charge >= 0.3 is 0 Å². The lowest BCUT2D eigenvalue weighted by atomic mass is 10.2. The number of rotatable bonds is 2. The van der Waals surface area contributed by atoms with Crippen LogP contribution < -0.4 is 5.73 Å². The first kappa shape index (κ1) is 9.98. The van der Waals surface area contributed by atoms with Gasteiger partial charge in [-0.05, 0) is 23.8 Å². The van der Waals surface area contributed by atoms with Gasteiger partial charge in [-0.25, -0.2) is 12.8 Å². The second-order valence-electron chi connectivity index (χ2n) is 2.91. The first-order valence-electron chi connectivity index (χ1n) is 3.60. The molecular weight excluding hydrogens is 193 g/mol. The van der Waals surface area contributed by atoms with Crippen LogP contribution in [0.4, 0.5) is 10.1 Å². The van der Waals surface area contributed by atoms with Crippen LogP contribution in [-0.4, -0.2) is 14.7 Å². The minimum Gasteiger partial charge on any atom is -0.398 e. The van der Waals surface area contributed by atoms with Gasteiger partial charge in [-0.15, -0.1) is 0 Å². The average molecular weight is 203 g/mol. The summed E-state index contributed by atoms with van der Waals surface area (Å²) >= 11 is 0. The van der Waals surface area contributed by atoms with E-state index in [1.54, 1.807) is 0 Å². The highest BCUT2D eigenvalue weighted by Gasteiger charge is 2.08. The highest BCUT2D eigenvalue weighted by atomic mass is 32.2. The molecule has 72 valence electrons. The van der Waals surface area contributed by atoms with Crippen LogP contribution in [0.1, 0.15) is 5.56 Å². The van der Waals surface area contributed by atoms with E-state index in [1.165, 1.54) is 12.1 Å². The second kappa shape index (κ2) is 3.33. The standard InChI is InChI=1S/C8H10FNO2S/c1-13(11,12)5-6-4-7(9)2-3-8(6)10/h2-4H,5,10H2,1H3. The molecule has 0 aliphatic heterocycles. The summed E-state index contributed by atoms with van der Waals surface area (Å²) in [5, 5.41) is 0. The Labute approximate surface area is 76.3 Å². The van der Waals surface area contributed by atoms with E-state index >= 15 is 0 Å². The van der Waals surface area contributed by atoms with Crippen molar-refractivity contribution in [2.24, 2.45) is 0 Å². The molecule has 0 aromatic heterocycles. The summed E-state index contributed by atoms with van der Waals surface area (Å²) in [6, 6.07) is 3.69. The number of nitrogens with two attached hydrogens (primary N) is 1. The van der Waals surface area contributed by atoms with Gasteiger partial charge in [0.25, 0.3) is 0 Å². The van der Waals surface area contributed by atoms with Crippen LogP contribution in [0.5, 0.6) is 0 Å². The van der Waals surface area contributed by atoms with Gasteiger partial charge in [0.2, 0.25) is 0 Å². The minimum absolute atomic E-state index is 0.226. The third kappa shape index (κ3) is 3.02. The first-order chi connectivity index (χ1) is 5.88. The molecule has 0 aliphatic carbocycles. The van der Waals surface area contributed by atoms with E-state index in [2.05, 4.69) is 0 Å². The van der Waals surface area contributed by atoms with Gasteiger partial charge < -0.3 is 5.73 Å². The molecule has 0 spiro atoms. The average Bonchev–Trinajstić information content (AvgIpc) is 1.94. The lowest BCUT2D eigenvalue weighted by Gasteiger charge is -2.03. The summed E-state index contributed by atoms with van der Waals surface area (Å²) in [6.07, 6.45) is 1.08. The topological polar surface area (TPSA) is 60.2 Å². The van der Waals surface area contributed by atoms with Gasteiger partial charge in [0, 0.05) is 11.9 Å². The summed E-state index contributed by atoms with van der Waals surface area (Å²) < 4.78 is 34.4. The molecule has 1 aromatic rings. The van der Waals surface area contributed by atoms with Crippen LogP contribution in [-0.2, 0) is 15.6 Å². The maximum Gasteiger partial charge on any atom is 0.151 e. The van der Waals surface area contributed by atoms with Crippen LogP contribution in [0, 0.1) is 5.82 Å². The Balaban J connectivity index is 3.08. The molecule has 3 nitrogen and oxygen atoms in total. The molecule has 0 unspecified atom stereocenters. The fourth-order valence-electron chi connectivity index (χ4n) is 0.982. The van der Waals surface area contributed by atoms with Crippen molar-refractivity contribution in [2.45, 2.75) is 5.75 Å². The summed E-state index contributed by atoms with van der Waals surface area (Å²) in [5.41, 5.74) is 6.07. The molecule has 13 heavy (non-hydrogen) atoms. The van der Waals surface area contributed by atoms with Crippen LogP contribution >= 0.6 is 0 Å². The van der Waals surface area contributed by atoms with Gasteiger partial charge in [-0.1, -0.05) is 0 Å². The molecule has 5 heteroatoms. The van der Waals surface area contributed by atoms with Crippen molar-refractivity contribution in [3.8, 4) is 0 Å². The Morgan fingerprint density at radius 1 is 1.46 bits per heavy atom. The molecule has 1 aromatic carbocycles. The minimum atomic E-state index is -3.16. The van der Waals surface area contributed by atoms with Gasteiger partial charge in [0.15, 0.2) is 9.84 Å². The largest absolute Gasteiger partial charge is 0.398 e. The number of hydrogen-bond acceptors (Lipinski definition) is 3. The van der Waals surface area contributed by atoms with Crippen molar-refractivity contribution in [1.82, 2.24) is 0 Å². The quantitative estimate of drug-likeness (QED) is 0.728. The van der Waals surface area contributed by atoms with Gasteiger partial charge in [0.1, 0.15) is 5.82 Å². The van der Waals surface area contributed by atoms with Crippen LogP contribution in [0.15, 0.2) is 18.2 Å². The van der Waals surface area contributed by atoms with Crippen molar-refractivity contribution in [2.75, 3.05) is 12.0 Å². The van der Waals surface area contributed by atoms with Gasteiger partial charge in [-0.3, -0.25) is 0 Å². The fourth-order valence-corrected chi connectivity index (χ4v) is 1.80. The van der Waals surface area contributed by atoms with E-state index in [4.69, 9.17) is 5.73 Å². The van der Waals surface area contributed by atoms with E-state index in [-0.39, 0.29) is 5.75 Å². The van der Waals surface area contributed by atoms with E-state index in [0.29, 0.717) is 11.3 Å². The molecule has 0 bridgehead atoms. The van der Waals surface area contributed by atoms with Crippen molar-refractivity contribution in [1.29, 1.82) is 0 Å². The number of benzene rings is 1. The van der Waals surface area contributed by atoms with Crippen LogP contribution in [0.25, 0.3) is 0 Å². The number of nitrogen functional groups attached to an aromatic ring is 1. The van der Waals surface area contributed by atoms with E-state index in [1.807, 2.05) is 0 Å². The molecule has 0 saturated carbocycles. The molecule has 0 radical (unpaired) electrons. The predicted molar refractivity (Wildman–Crippen MR) is 49.4 cm³/mol. The molecule has 2 N–H and O–H groups in total. The van der Waals surface area contributed by atoms with Crippen molar-refractivity contribution < 1.29 is 12.8 Å². The number of hydrogen-bond donors (Lipinski definition) is 1. The molecule has 0 aliphatic rings. The monoisotopic (exact) mass is 203 g/mol. The third-order valence-corrected chi connectivity index (χ3v) is 2.36. The van der Waals surface area contributed by atoms with E-state index in [0.717, 1.165) is 12.3 Å². The Bertz CT molecular complexity index is 414.